The molecule has 0 amide bonds. The fourth-order valence-electron chi connectivity index (χ4n) is 2.29. The molecular weight excluding hydrogens is 315 g/mol. The monoisotopic (exact) mass is 334 g/mol. The Morgan fingerprint density at radius 2 is 2.00 bits per heavy atom. The lowest BCUT2D eigenvalue weighted by atomic mass is 10.2. The van der Waals surface area contributed by atoms with E-state index in [0.29, 0.717) is 10.7 Å². The highest BCUT2D eigenvalue weighted by Gasteiger charge is 2.18. The van der Waals surface area contributed by atoms with Gasteiger partial charge in [-0.05, 0) is 18.2 Å². The molecule has 1 aromatic carbocycles. The van der Waals surface area contributed by atoms with Crippen LogP contribution in [0.4, 0.5) is 11.4 Å². The Morgan fingerprint density at radius 3 is 2.57 bits per heavy atom. The number of β-amino-alcohol motifs (C(OH)–C–C–N with tert-alkyl or cyclic N) is 1. The molecule has 0 spiro atoms. The standard InChI is InChI=1S/C13H19ClN4O2.ClH/c14-12-9-11(15-10-16-20)1-2-13(12)18-5-3-17(4-6-18)7-8-19;/h1-2,9-10,19-20H,3-8H2,(H,15,16);1H. The van der Waals surface area contributed by atoms with Crippen LogP contribution in [0.3, 0.4) is 0 Å². The summed E-state index contributed by atoms with van der Waals surface area (Å²) >= 11 is 6.29. The van der Waals surface area contributed by atoms with Crippen molar-refractivity contribution in [1.29, 1.82) is 0 Å². The molecule has 118 valence electrons. The zero-order chi connectivity index (χ0) is 14.4. The molecule has 1 saturated heterocycles. The Hall–Kier alpha value is -1.05. The molecule has 6 nitrogen and oxygen atoms in total. The van der Waals surface area contributed by atoms with E-state index in [1.165, 1.54) is 6.34 Å². The van der Waals surface area contributed by atoms with Gasteiger partial charge in [-0.25, -0.2) is 4.99 Å². The van der Waals surface area contributed by atoms with Gasteiger partial charge in [0.2, 0.25) is 0 Å². The van der Waals surface area contributed by atoms with Crippen LogP contribution < -0.4 is 10.4 Å². The molecule has 0 saturated carbocycles. The lowest BCUT2D eigenvalue weighted by Crippen LogP contribution is -2.47. The molecule has 2 rings (SSSR count). The van der Waals surface area contributed by atoms with Crippen LogP contribution in [-0.4, -0.2) is 60.9 Å². The van der Waals surface area contributed by atoms with E-state index in [9.17, 15) is 0 Å². The molecule has 1 fully saturated rings. The molecule has 0 radical (unpaired) electrons. The van der Waals surface area contributed by atoms with Crippen molar-refractivity contribution in [2.45, 2.75) is 0 Å². The summed E-state index contributed by atoms with van der Waals surface area (Å²) in [5, 5.41) is 18.0. The molecule has 8 heteroatoms. The Morgan fingerprint density at radius 1 is 1.29 bits per heavy atom. The van der Waals surface area contributed by atoms with E-state index in [1.54, 1.807) is 6.07 Å². The molecule has 0 atom stereocenters. The van der Waals surface area contributed by atoms with Gasteiger partial charge in [-0.1, -0.05) is 11.6 Å². The van der Waals surface area contributed by atoms with Crippen LogP contribution in [0, 0.1) is 0 Å². The highest BCUT2D eigenvalue weighted by molar-refractivity contribution is 6.33. The van der Waals surface area contributed by atoms with Crippen molar-refractivity contribution >= 4 is 41.7 Å². The van der Waals surface area contributed by atoms with E-state index in [4.69, 9.17) is 21.9 Å². The van der Waals surface area contributed by atoms with E-state index < -0.39 is 0 Å². The largest absolute Gasteiger partial charge is 0.395 e. The first-order valence-corrected chi connectivity index (χ1v) is 6.92. The second-order valence-electron chi connectivity index (χ2n) is 4.58. The van der Waals surface area contributed by atoms with Gasteiger partial charge in [0.1, 0.15) is 6.34 Å². The van der Waals surface area contributed by atoms with Gasteiger partial charge >= 0.3 is 0 Å². The van der Waals surface area contributed by atoms with E-state index in [2.05, 4.69) is 14.8 Å². The summed E-state index contributed by atoms with van der Waals surface area (Å²) in [6.07, 6.45) is 1.19. The zero-order valence-corrected chi connectivity index (χ0v) is 13.1. The van der Waals surface area contributed by atoms with Gasteiger partial charge < -0.3 is 10.0 Å². The van der Waals surface area contributed by atoms with Gasteiger partial charge in [0.25, 0.3) is 0 Å². The predicted molar refractivity (Wildman–Crippen MR) is 87.5 cm³/mol. The van der Waals surface area contributed by atoms with Gasteiger partial charge in [0.05, 0.1) is 23.0 Å². The number of nitrogens with one attached hydrogen (secondary N) is 1. The van der Waals surface area contributed by atoms with Crippen LogP contribution in [0.2, 0.25) is 5.02 Å². The lowest BCUT2D eigenvalue weighted by molar-refractivity contribution is 0.189. The summed E-state index contributed by atoms with van der Waals surface area (Å²) in [6, 6.07) is 5.56. The van der Waals surface area contributed by atoms with Gasteiger partial charge in [0.15, 0.2) is 0 Å². The van der Waals surface area contributed by atoms with Gasteiger partial charge in [0, 0.05) is 32.7 Å². The Kier molecular flexibility index (Phi) is 7.77. The van der Waals surface area contributed by atoms with Crippen molar-refractivity contribution in [1.82, 2.24) is 10.4 Å². The number of piperazine rings is 1. The molecule has 1 aromatic rings. The topological polar surface area (TPSA) is 71.3 Å². The summed E-state index contributed by atoms with van der Waals surface area (Å²) in [7, 11) is 0. The third-order valence-corrected chi connectivity index (χ3v) is 3.63. The summed E-state index contributed by atoms with van der Waals surface area (Å²) in [5.41, 5.74) is 3.53. The number of benzene rings is 1. The maximum atomic E-state index is 8.93. The lowest BCUT2D eigenvalue weighted by Gasteiger charge is -2.36. The number of aliphatic hydroxyl groups is 1. The van der Waals surface area contributed by atoms with Crippen molar-refractivity contribution in [3.8, 4) is 0 Å². The number of anilines is 1. The number of aliphatic imine (C=N–C) groups is 1. The van der Waals surface area contributed by atoms with Crippen LogP contribution >= 0.6 is 24.0 Å². The van der Waals surface area contributed by atoms with E-state index >= 15 is 0 Å². The maximum absolute atomic E-state index is 8.93. The first-order valence-electron chi connectivity index (χ1n) is 6.54. The highest BCUT2D eigenvalue weighted by atomic mass is 35.5. The summed E-state index contributed by atoms with van der Waals surface area (Å²) < 4.78 is 0. The van der Waals surface area contributed by atoms with Crippen molar-refractivity contribution in [3.05, 3.63) is 23.2 Å². The van der Waals surface area contributed by atoms with Crippen LogP contribution in [-0.2, 0) is 0 Å². The number of hydroxylamine groups is 1. The quantitative estimate of drug-likeness (QED) is 0.432. The molecule has 21 heavy (non-hydrogen) atoms. The molecule has 0 aliphatic carbocycles. The van der Waals surface area contributed by atoms with E-state index in [-0.39, 0.29) is 19.0 Å². The van der Waals surface area contributed by atoms with Crippen LogP contribution in [0.15, 0.2) is 23.2 Å². The van der Waals surface area contributed by atoms with Gasteiger partial charge in [-0.2, -0.15) is 0 Å². The fourth-order valence-corrected chi connectivity index (χ4v) is 2.58. The molecule has 1 aliphatic rings. The van der Waals surface area contributed by atoms with Gasteiger partial charge in [-0.3, -0.25) is 15.6 Å². The Labute approximate surface area is 135 Å². The molecule has 0 aromatic heterocycles. The summed E-state index contributed by atoms with van der Waals surface area (Å²) in [6.45, 7) is 4.55. The minimum Gasteiger partial charge on any atom is -0.395 e. The average molecular weight is 335 g/mol. The van der Waals surface area contributed by atoms with Crippen molar-refractivity contribution < 1.29 is 10.3 Å². The number of aliphatic hydroxyl groups excluding tert-OH is 1. The van der Waals surface area contributed by atoms with E-state index in [0.717, 1.165) is 38.4 Å². The minimum atomic E-state index is 0. The third-order valence-electron chi connectivity index (χ3n) is 3.33. The number of hydrogen-bond acceptors (Lipinski definition) is 5. The van der Waals surface area contributed by atoms with Crippen molar-refractivity contribution in [2.24, 2.45) is 4.99 Å². The number of rotatable bonds is 5. The molecule has 1 heterocycles. The molecular formula is C13H20Cl2N4O2. The van der Waals surface area contributed by atoms with Crippen molar-refractivity contribution in [2.75, 3.05) is 44.2 Å². The van der Waals surface area contributed by atoms with Crippen molar-refractivity contribution in [3.63, 3.8) is 0 Å². The average Bonchev–Trinajstić information content (AvgIpc) is 2.47. The zero-order valence-electron chi connectivity index (χ0n) is 11.6. The van der Waals surface area contributed by atoms with Crippen LogP contribution in [0.25, 0.3) is 0 Å². The van der Waals surface area contributed by atoms with Gasteiger partial charge in [-0.15, -0.1) is 12.4 Å². The molecule has 0 unspecified atom stereocenters. The summed E-state index contributed by atoms with van der Waals surface area (Å²) in [4.78, 5) is 8.45. The second-order valence-corrected chi connectivity index (χ2v) is 4.98. The fraction of sp³-hybridized carbons (Fsp3) is 0.462. The number of halogens is 2. The minimum absolute atomic E-state index is 0. The SMILES string of the molecule is Cl.OCCN1CCN(c2ccc(N=CNO)cc2Cl)CC1. The first kappa shape index (κ1) is 18.0. The second kappa shape index (κ2) is 9.07. The summed E-state index contributed by atoms with van der Waals surface area (Å²) in [5.74, 6) is 0. The number of nitrogens with zero attached hydrogens (tertiary/aromatic N) is 3. The maximum Gasteiger partial charge on any atom is 0.113 e. The van der Waals surface area contributed by atoms with Crippen LogP contribution in [0.5, 0.6) is 0 Å². The smallest absolute Gasteiger partial charge is 0.113 e. The Balaban J connectivity index is 0.00000220. The third kappa shape index (κ3) is 5.01. The normalized spacial score (nSPS) is 16.0. The predicted octanol–water partition coefficient (Wildman–Crippen LogP) is 1.51. The molecule has 1 aliphatic heterocycles. The highest BCUT2D eigenvalue weighted by Crippen LogP contribution is 2.30. The van der Waals surface area contributed by atoms with E-state index in [1.807, 2.05) is 17.6 Å². The molecule has 0 bridgehead atoms. The first-order chi connectivity index (χ1) is 9.74. The number of hydrogen-bond donors (Lipinski definition) is 3. The van der Waals surface area contributed by atoms with Crippen LogP contribution in [0.1, 0.15) is 0 Å². The molecule has 3 N–H and O–H groups in total. The Bertz CT molecular complexity index is 465.